The van der Waals surface area contributed by atoms with Crippen molar-refractivity contribution in [3.63, 3.8) is 0 Å². The molecule has 1 aliphatic rings. The van der Waals surface area contributed by atoms with Crippen LogP contribution in [0.2, 0.25) is 5.02 Å². The SMILES string of the molecule is CC(=O)c1ccc2c(c1)[C@H](NC(=O)c1ccc(Cl)cc1)[C@@H](OCOP(=O)([O-])O)C(C)(C)O2. The number of hydrogen-bond donors (Lipinski definition) is 2. The van der Waals surface area contributed by atoms with Crippen molar-refractivity contribution in [1.29, 1.82) is 0 Å². The lowest BCUT2D eigenvalue weighted by atomic mass is 9.85. The number of benzene rings is 2. The highest BCUT2D eigenvalue weighted by Gasteiger charge is 2.46. The van der Waals surface area contributed by atoms with Crippen molar-refractivity contribution in [2.45, 2.75) is 38.5 Å². The van der Waals surface area contributed by atoms with E-state index in [4.69, 9.17) is 26.0 Å². The van der Waals surface area contributed by atoms with Crippen molar-refractivity contribution in [2.24, 2.45) is 0 Å². The first-order valence-electron chi connectivity index (χ1n) is 9.58. The Morgan fingerprint density at radius 3 is 2.44 bits per heavy atom. The number of ether oxygens (including phenoxy) is 2. The third kappa shape index (κ3) is 5.75. The van der Waals surface area contributed by atoms with Gasteiger partial charge < -0.3 is 24.6 Å². The molecule has 172 valence electrons. The van der Waals surface area contributed by atoms with Gasteiger partial charge >= 0.3 is 0 Å². The Bertz CT molecular complexity index is 1070. The van der Waals surface area contributed by atoms with Crippen LogP contribution in [0.3, 0.4) is 0 Å². The number of phosphoric acid groups is 1. The number of halogens is 1. The van der Waals surface area contributed by atoms with Crippen LogP contribution in [0, 0.1) is 0 Å². The molecule has 0 aliphatic carbocycles. The first-order valence-corrected chi connectivity index (χ1v) is 11.4. The van der Waals surface area contributed by atoms with E-state index in [0.717, 1.165) is 0 Å². The maximum absolute atomic E-state index is 13.0. The molecule has 0 bridgehead atoms. The molecule has 0 saturated carbocycles. The smallest absolute Gasteiger partial charge is 0.267 e. The van der Waals surface area contributed by atoms with Gasteiger partial charge in [-0.05, 0) is 63.2 Å². The summed E-state index contributed by atoms with van der Waals surface area (Å²) in [5.41, 5.74) is 0.150. The lowest BCUT2D eigenvalue weighted by molar-refractivity contribution is -0.234. The number of amides is 1. The lowest BCUT2D eigenvalue weighted by Gasteiger charge is -2.44. The second kappa shape index (κ2) is 9.31. The minimum atomic E-state index is -5.02. The number of ketones is 1. The minimum absolute atomic E-state index is 0.186. The lowest BCUT2D eigenvalue weighted by Crippen LogP contribution is -2.55. The van der Waals surface area contributed by atoms with E-state index in [1.807, 2.05) is 0 Å². The summed E-state index contributed by atoms with van der Waals surface area (Å²) in [6.07, 6.45) is -0.944. The normalized spacial score (nSPS) is 21.1. The molecule has 0 spiro atoms. The molecule has 1 aliphatic heterocycles. The van der Waals surface area contributed by atoms with Gasteiger partial charge in [0, 0.05) is 21.7 Å². The van der Waals surface area contributed by atoms with Gasteiger partial charge in [0.15, 0.2) is 12.6 Å². The van der Waals surface area contributed by atoms with Gasteiger partial charge in [0.05, 0.1) is 6.04 Å². The van der Waals surface area contributed by atoms with Gasteiger partial charge in [-0.3, -0.25) is 18.7 Å². The maximum Gasteiger partial charge on any atom is 0.267 e. The molecule has 0 aromatic heterocycles. The summed E-state index contributed by atoms with van der Waals surface area (Å²) in [5, 5.41) is 3.33. The highest BCUT2D eigenvalue weighted by molar-refractivity contribution is 7.44. The number of Topliss-reactive ketones (excluding diaryl/α,β-unsaturated/α-hetero) is 1. The van der Waals surface area contributed by atoms with E-state index < -0.39 is 38.3 Å². The molecule has 0 radical (unpaired) electrons. The van der Waals surface area contributed by atoms with E-state index in [1.54, 1.807) is 56.3 Å². The highest BCUT2D eigenvalue weighted by atomic mass is 35.5. The Hall–Kier alpha value is -2.26. The van der Waals surface area contributed by atoms with Gasteiger partial charge in [0.2, 0.25) is 0 Å². The first kappa shape index (κ1) is 24.4. The molecule has 11 heteroatoms. The summed E-state index contributed by atoms with van der Waals surface area (Å²) >= 11 is 5.89. The number of nitrogens with one attached hydrogen (secondary N) is 1. The molecular formula is C21H22ClNO8P-. The van der Waals surface area contributed by atoms with Gasteiger partial charge in [-0.15, -0.1) is 0 Å². The fourth-order valence-electron chi connectivity index (χ4n) is 3.46. The molecule has 1 heterocycles. The number of rotatable bonds is 7. The molecular weight excluding hydrogens is 461 g/mol. The second-order valence-corrected chi connectivity index (χ2v) is 9.41. The zero-order valence-corrected chi connectivity index (χ0v) is 19.2. The number of carbonyl (C=O) groups excluding carboxylic acids is 2. The van der Waals surface area contributed by atoms with Crippen LogP contribution in [0.25, 0.3) is 0 Å². The van der Waals surface area contributed by atoms with Crippen LogP contribution in [-0.4, -0.2) is 35.1 Å². The summed E-state index contributed by atoms with van der Waals surface area (Å²) in [6.45, 7) is 3.99. The van der Waals surface area contributed by atoms with Crippen molar-refractivity contribution >= 4 is 31.1 Å². The molecule has 1 amide bonds. The summed E-state index contributed by atoms with van der Waals surface area (Å²) < 4.78 is 26.9. The van der Waals surface area contributed by atoms with Gasteiger partial charge in [-0.1, -0.05) is 11.6 Å². The number of carbonyl (C=O) groups is 2. The Morgan fingerprint density at radius 1 is 1.22 bits per heavy atom. The third-order valence-electron chi connectivity index (χ3n) is 4.97. The third-order valence-corrected chi connectivity index (χ3v) is 5.65. The van der Waals surface area contributed by atoms with Gasteiger partial charge in [-0.25, -0.2) is 0 Å². The van der Waals surface area contributed by atoms with Crippen molar-refractivity contribution in [3.05, 3.63) is 64.2 Å². The molecule has 9 nitrogen and oxygen atoms in total. The topological polar surface area (TPSA) is 134 Å². The fraction of sp³-hybridized carbons (Fsp3) is 0.333. The first-order chi connectivity index (χ1) is 14.9. The van der Waals surface area contributed by atoms with Crippen LogP contribution in [0.4, 0.5) is 0 Å². The molecule has 1 unspecified atom stereocenters. The van der Waals surface area contributed by atoms with E-state index in [-0.39, 0.29) is 5.78 Å². The Kier molecular flexibility index (Phi) is 7.09. The minimum Gasteiger partial charge on any atom is -0.756 e. The molecule has 3 rings (SSSR count). The molecule has 3 atom stereocenters. The molecule has 2 aromatic rings. The predicted octanol–water partition coefficient (Wildman–Crippen LogP) is 3.00. The van der Waals surface area contributed by atoms with E-state index in [2.05, 4.69) is 9.84 Å². The van der Waals surface area contributed by atoms with E-state index in [0.29, 0.717) is 27.5 Å². The molecule has 0 saturated heterocycles. The summed E-state index contributed by atoms with van der Waals surface area (Å²) in [4.78, 5) is 44.7. The van der Waals surface area contributed by atoms with Crippen LogP contribution in [0.1, 0.15) is 53.1 Å². The quantitative estimate of drug-likeness (QED) is 0.349. The van der Waals surface area contributed by atoms with Crippen LogP contribution >= 0.6 is 19.4 Å². The Morgan fingerprint density at radius 2 is 1.84 bits per heavy atom. The Balaban J connectivity index is 1.99. The van der Waals surface area contributed by atoms with Crippen LogP contribution < -0.4 is 14.9 Å². The second-order valence-electron chi connectivity index (χ2n) is 7.78. The Labute approximate surface area is 189 Å². The number of hydrogen-bond acceptors (Lipinski definition) is 7. The van der Waals surface area contributed by atoms with Gasteiger partial charge in [0.25, 0.3) is 13.7 Å². The zero-order valence-electron chi connectivity index (χ0n) is 17.5. The van der Waals surface area contributed by atoms with E-state index in [1.165, 1.54) is 6.92 Å². The van der Waals surface area contributed by atoms with Crippen LogP contribution in [0.5, 0.6) is 5.75 Å². The van der Waals surface area contributed by atoms with Crippen LogP contribution in [-0.2, 0) is 13.8 Å². The van der Waals surface area contributed by atoms with Crippen molar-refractivity contribution in [1.82, 2.24) is 5.32 Å². The molecule has 32 heavy (non-hydrogen) atoms. The van der Waals surface area contributed by atoms with E-state index in [9.17, 15) is 19.0 Å². The highest BCUT2D eigenvalue weighted by Crippen LogP contribution is 2.42. The van der Waals surface area contributed by atoms with Gasteiger partial charge in [0.1, 0.15) is 17.5 Å². The van der Waals surface area contributed by atoms with Crippen LogP contribution in [0.15, 0.2) is 42.5 Å². The van der Waals surface area contributed by atoms with Crippen molar-refractivity contribution in [3.8, 4) is 5.75 Å². The van der Waals surface area contributed by atoms with Crippen molar-refractivity contribution in [2.75, 3.05) is 6.79 Å². The van der Waals surface area contributed by atoms with Gasteiger partial charge in [-0.2, -0.15) is 0 Å². The largest absolute Gasteiger partial charge is 0.756 e. The average molecular weight is 483 g/mol. The average Bonchev–Trinajstić information content (AvgIpc) is 2.68. The molecule has 2 aromatic carbocycles. The number of phosphoric ester groups is 1. The standard InChI is InChI=1S/C21H23ClNO8P/c1-12(24)14-6-9-17-16(10-14)18(23-20(25)13-4-7-15(22)8-5-13)19(21(2,3)31-17)29-11-30-32(26,27)28/h4-10,18-19H,11H2,1-3H3,(H,23,25)(H2,26,27,28)/p-1/t18-,19+/m0/s1. The molecule has 2 N–H and O–H groups in total. The maximum atomic E-state index is 13.0. The summed E-state index contributed by atoms with van der Waals surface area (Å²) in [7, 11) is -5.02. The van der Waals surface area contributed by atoms with Crippen molar-refractivity contribution < 1.29 is 37.9 Å². The monoisotopic (exact) mass is 482 g/mol. The number of fused-ring (bicyclic) bond motifs is 1. The molecule has 0 fully saturated rings. The summed E-state index contributed by atoms with van der Waals surface area (Å²) in [6, 6.07) is 10.2. The summed E-state index contributed by atoms with van der Waals surface area (Å²) in [5.74, 6) is -0.206. The zero-order chi connectivity index (χ0) is 23.7. The van der Waals surface area contributed by atoms with E-state index >= 15 is 0 Å². The predicted molar refractivity (Wildman–Crippen MR) is 113 cm³/mol. The fourth-order valence-corrected chi connectivity index (χ4v) is 3.78.